The van der Waals surface area contributed by atoms with E-state index in [2.05, 4.69) is 0 Å². The second-order valence-electron chi connectivity index (χ2n) is 6.19. The Morgan fingerprint density at radius 3 is 1.22 bits per heavy atom. The van der Waals surface area contributed by atoms with Crippen molar-refractivity contribution in [1.29, 1.82) is 0 Å². The molecule has 4 rings (SSSR count). The maximum atomic E-state index is 9.54. The minimum atomic E-state index is 0.231. The van der Waals surface area contributed by atoms with Crippen LogP contribution in [0.2, 0.25) is 0 Å². The van der Waals surface area contributed by atoms with E-state index in [1.807, 2.05) is 72.8 Å². The van der Waals surface area contributed by atoms with E-state index in [9.17, 15) is 10.2 Å². The Morgan fingerprint density at radius 1 is 0.444 bits per heavy atom. The van der Waals surface area contributed by atoms with Gasteiger partial charge in [0.05, 0.1) is 0 Å². The number of hydrogen-bond donors (Lipinski definition) is 2. The van der Waals surface area contributed by atoms with E-state index in [-0.39, 0.29) is 11.5 Å². The summed E-state index contributed by atoms with van der Waals surface area (Å²) < 4.78 is 6.28. The fourth-order valence-electron chi connectivity index (χ4n) is 2.99. The van der Waals surface area contributed by atoms with Gasteiger partial charge in [0, 0.05) is 11.1 Å². The van der Waals surface area contributed by atoms with Crippen molar-refractivity contribution in [1.82, 2.24) is 0 Å². The normalized spacial score (nSPS) is 10.5. The standard InChI is InChI=1S/C24H18O3/c25-19-13-9-17(10-14-19)21-5-1-3-7-23(21)27-24-8-4-2-6-22(24)18-11-15-20(26)16-12-18/h1-16,25-26H. The Hall–Kier alpha value is -3.72. The van der Waals surface area contributed by atoms with Crippen LogP contribution in [0.25, 0.3) is 22.3 Å². The van der Waals surface area contributed by atoms with Crippen LogP contribution in [0.4, 0.5) is 0 Å². The van der Waals surface area contributed by atoms with Gasteiger partial charge in [-0.3, -0.25) is 0 Å². The number of para-hydroxylation sites is 2. The second kappa shape index (κ2) is 7.26. The lowest BCUT2D eigenvalue weighted by Crippen LogP contribution is -1.91. The predicted octanol–water partition coefficient (Wildman–Crippen LogP) is 6.22. The molecule has 0 radical (unpaired) electrons. The van der Waals surface area contributed by atoms with Crippen LogP contribution in [0.15, 0.2) is 97.1 Å². The molecule has 0 aliphatic carbocycles. The number of hydrogen-bond acceptors (Lipinski definition) is 3. The molecule has 0 aliphatic heterocycles. The first-order chi connectivity index (χ1) is 13.2. The monoisotopic (exact) mass is 354 g/mol. The number of phenols is 2. The topological polar surface area (TPSA) is 49.7 Å². The summed E-state index contributed by atoms with van der Waals surface area (Å²) in [5.74, 6) is 1.92. The van der Waals surface area contributed by atoms with E-state index in [0.29, 0.717) is 0 Å². The van der Waals surface area contributed by atoms with Gasteiger partial charge in [0.25, 0.3) is 0 Å². The number of rotatable bonds is 4. The maximum absolute atomic E-state index is 9.54. The molecule has 2 N–H and O–H groups in total. The number of aromatic hydroxyl groups is 2. The third-order valence-corrected chi connectivity index (χ3v) is 4.35. The summed E-state index contributed by atoms with van der Waals surface area (Å²) in [7, 11) is 0. The van der Waals surface area contributed by atoms with Crippen LogP contribution < -0.4 is 4.74 Å². The molecule has 0 saturated heterocycles. The van der Waals surface area contributed by atoms with E-state index in [0.717, 1.165) is 33.8 Å². The smallest absolute Gasteiger partial charge is 0.135 e. The molecule has 0 aromatic heterocycles. The molecule has 0 saturated carbocycles. The molecule has 4 aromatic carbocycles. The maximum Gasteiger partial charge on any atom is 0.135 e. The fraction of sp³-hybridized carbons (Fsp3) is 0. The minimum Gasteiger partial charge on any atom is -0.508 e. The summed E-state index contributed by atoms with van der Waals surface area (Å²) in [5, 5.41) is 19.1. The molecule has 0 atom stereocenters. The zero-order valence-electron chi connectivity index (χ0n) is 14.5. The molecule has 0 aliphatic rings. The van der Waals surface area contributed by atoms with E-state index in [4.69, 9.17) is 4.74 Å². The SMILES string of the molecule is Oc1ccc(-c2ccccc2Oc2ccccc2-c2ccc(O)cc2)cc1. The van der Waals surface area contributed by atoms with Crippen molar-refractivity contribution < 1.29 is 14.9 Å². The summed E-state index contributed by atoms with van der Waals surface area (Å²) >= 11 is 0. The first kappa shape index (κ1) is 16.7. The molecule has 3 heteroatoms. The average molecular weight is 354 g/mol. The molecule has 0 fully saturated rings. The van der Waals surface area contributed by atoms with Gasteiger partial charge in [0.2, 0.25) is 0 Å². The minimum absolute atomic E-state index is 0.231. The highest BCUT2D eigenvalue weighted by Gasteiger charge is 2.11. The molecule has 27 heavy (non-hydrogen) atoms. The van der Waals surface area contributed by atoms with Crippen LogP contribution in [0, 0.1) is 0 Å². The summed E-state index contributed by atoms with van der Waals surface area (Å²) in [6.07, 6.45) is 0. The summed E-state index contributed by atoms with van der Waals surface area (Å²) in [4.78, 5) is 0. The Balaban J connectivity index is 1.74. The molecule has 0 spiro atoms. The lowest BCUT2D eigenvalue weighted by atomic mass is 10.0. The predicted molar refractivity (Wildman–Crippen MR) is 107 cm³/mol. The number of ether oxygens (including phenoxy) is 1. The number of phenolic OH excluding ortho intramolecular Hbond substituents is 2. The largest absolute Gasteiger partial charge is 0.508 e. The average Bonchev–Trinajstić information content (AvgIpc) is 2.70. The summed E-state index contributed by atoms with van der Waals surface area (Å²) in [6.45, 7) is 0. The molecule has 0 unspecified atom stereocenters. The number of benzene rings is 4. The fourth-order valence-corrected chi connectivity index (χ4v) is 2.99. The van der Waals surface area contributed by atoms with Crippen LogP contribution in [-0.2, 0) is 0 Å². The zero-order valence-corrected chi connectivity index (χ0v) is 14.5. The molecule has 0 amide bonds. The summed E-state index contributed by atoms with van der Waals surface area (Å²) in [5.41, 5.74) is 3.81. The van der Waals surface area contributed by atoms with Crippen LogP contribution in [0.5, 0.6) is 23.0 Å². The van der Waals surface area contributed by atoms with Crippen molar-refractivity contribution in [3.8, 4) is 45.3 Å². The second-order valence-corrected chi connectivity index (χ2v) is 6.19. The molecule has 0 bridgehead atoms. The highest BCUT2D eigenvalue weighted by molar-refractivity contribution is 5.74. The van der Waals surface area contributed by atoms with Gasteiger partial charge < -0.3 is 14.9 Å². The Bertz CT molecular complexity index is 964. The lowest BCUT2D eigenvalue weighted by molar-refractivity contribution is 0.475. The van der Waals surface area contributed by atoms with Crippen LogP contribution in [0.3, 0.4) is 0 Å². The van der Waals surface area contributed by atoms with Gasteiger partial charge in [-0.05, 0) is 47.5 Å². The van der Waals surface area contributed by atoms with Crippen molar-refractivity contribution in [2.75, 3.05) is 0 Å². The molecule has 3 nitrogen and oxygen atoms in total. The zero-order chi connectivity index (χ0) is 18.6. The molecule has 4 aromatic rings. The van der Waals surface area contributed by atoms with Crippen LogP contribution >= 0.6 is 0 Å². The Morgan fingerprint density at radius 2 is 0.815 bits per heavy atom. The summed E-state index contributed by atoms with van der Waals surface area (Å²) in [6, 6.07) is 29.7. The first-order valence-corrected chi connectivity index (χ1v) is 8.65. The first-order valence-electron chi connectivity index (χ1n) is 8.65. The van der Waals surface area contributed by atoms with Crippen LogP contribution in [-0.4, -0.2) is 10.2 Å². The van der Waals surface area contributed by atoms with Gasteiger partial charge >= 0.3 is 0 Å². The molecule has 132 valence electrons. The third kappa shape index (κ3) is 3.62. The van der Waals surface area contributed by atoms with Crippen LogP contribution in [0.1, 0.15) is 0 Å². The highest BCUT2D eigenvalue weighted by Crippen LogP contribution is 2.38. The van der Waals surface area contributed by atoms with Crippen molar-refractivity contribution >= 4 is 0 Å². The van der Waals surface area contributed by atoms with Gasteiger partial charge in [-0.15, -0.1) is 0 Å². The quantitative estimate of drug-likeness (QED) is 0.457. The molecule has 0 heterocycles. The van der Waals surface area contributed by atoms with Crippen molar-refractivity contribution in [3.63, 3.8) is 0 Å². The van der Waals surface area contributed by atoms with E-state index < -0.39 is 0 Å². The highest BCUT2D eigenvalue weighted by atomic mass is 16.5. The Labute approximate surface area is 157 Å². The third-order valence-electron chi connectivity index (χ3n) is 4.35. The van der Waals surface area contributed by atoms with Gasteiger partial charge in [-0.1, -0.05) is 60.7 Å². The lowest BCUT2D eigenvalue weighted by Gasteiger charge is -2.15. The van der Waals surface area contributed by atoms with Crippen molar-refractivity contribution in [2.45, 2.75) is 0 Å². The van der Waals surface area contributed by atoms with E-state index in [1.165, 1.54) is 0 Å². The van der Waals surface area contributed by atoms with Gasteiger partial charge in [0.1, 0.15) is 23.0 Å². The Kier molecular flexibility index (Phi) is 4.50. The van der Waals surface area contributed by atoms with Crippen molar-refractivity contribution in [2.24, 2.45) is 0 Å². The van der Waals surface area contributed by atoms with E-state index in [1.54, 1.807) is 24.3 Å². The molecular weight excluding hydrogens is 336 g/mol. The van der Waals surface area contributed by atoms with Gasteiger partial charge in [-0.25, -0.2) is 0 Å². The van der Waals surface area contributed by atoms with Gasteiger partial charge in [0.15, 0.2) is 0 Å². The molecular formula is C24H18O3. The van der Waals surface area contributed by atoms with E-state index >= 15 is 0 Å². The van der Waals surface area contributed by atoms with Gasteiger partial charge in [-0.2, -0.15) is 0 Å². The van der Waals surface area contributed by atoms with Crippen molar-refractivity contribution in [3.05, 3.63) is 97.1 Å².